The summed E-state index contributed by atoms with van der Waals surface area (Å²) in [5, 5.41) is 19.1. The maximum Gasteiger partial charge on any atom is 0.160 e. The van der Waals surface area contributed by atoms with E-state index < -0.39 is 0 Å². The van der Waals surface area contributed by atoms with Gasteiger partial charge in [0.15, 0.2) is 5.65 Å². The van der Waals surface area contributed by atoms with Crippen LogP contribution in [0.4, 0.5) is 5.69 Å². The first-order valence-electron chi connectivity index (χ1n) is 12.0. The number of hydrogen-bond donors (Lipinski definition) is 3. The lowest BCUT2D eigenvalue weighted by Gasteiger charge is -2.33. The molecule has 7 nitrogen and oxygen atoms in total. The number of nitrogens with zero attached hydrogens (tertiary/aromatic N) is 3. The number of fused-ring (bicyclic) bond motifs is 1. The molecule has 0 amide bonds. The predicted octanol–water partition coefficient (Wildman–Crippen LogP) is 4.30. The van der Waals surface area contributed by atoms with Crippen molar-refractivity contribution in [2.75, 3.05) is 11.9 Å². The molecule has 3 N–H and O–H groups in total. The number of nitrogens with one attached hydrogen (secondary N) is 2. The van der Waals surface area contributed by atoms with Crippen LogP contribution in [0.5, 0.6) is 0 Å². The van der Waals surface area contributed by atoms with Gasteiger partial charge in [-0.2, -0.15) is 5.10 Å². The van der Waals surface area contributed by atoms with Crippen molar-refractivity contribution in [3.8, 4) is 0 Å². The molecule has 2 fully saturated rings. The molecule has 0 atom stereocenters. The lowest BCUT2D eigenvalue weighted by Crippen LogP contribution is -2.35. The highest BCUT2D eigenvalue weighted by atomic mass is 16.7. The Morgan fingerprint density at radius 3 is 2.71 bits per heavy atom. The van der Waals surface area contributed by atoms with E-state index in [-0.39, 0.29) is 12.2 Å². The van der Waals surface area contributed by atoms with Crippen LogP contribution >= 0.6 is 0 Å². The lowest BCUT2D eigenvalue weighted by molar-refractivity contribution is -0.0666. The number of aliphatic hydroxyl groups excluding tert-OH is 1. The standard InChI is InChI=1S/C24H35N5O2/c1-3-29-23-19(14-25-29)22(27-18-7-5-4-6-8-18)21(16(2)26-23)20-13-24(31-28-20)11-9-17(15-30)10-12-24/h13-14,17-18,28,30H,3-12,15H2,1-2H3,(H,26,27). The van der Waals surface area contributed by atoms with Crippen molar-refractivity contribution in [1.29, 1.82) is 0 Å². The van der Waals surface area contributed by atoms with Crippen molar-refractivity contribution in [3.63, 3.8) is 0 Å². The van der Waals surface area contributed by atoms with Crippen molar-refractivity contribution in [1.82, 2.24) is 20.2 Å². The molecule has 0 aromatic carbocycles. The third-order valence-corrected chi connectivity index (χ3v) is 7.47. The van der Waals surface area contributed by atoms with Gasteiger partial charge in [-0.3, -0.25) is 10.3 Å². The first-order chi connectivity index (χ1) is 15.1. The van der Waals surface area contributed by atoms with Crippen LogP contribution < -0.4 is 10.8 Å². The Morgan fingerprint density at radius 1 is 1.23 bits per heavy atom. The molecule has 7 heteroatoms. The molecule has 2 saturated carbocycles. The quantitative estimate of drug-likeness (QED) is 0.662. The van der Waals surface area contributed by atoms with Crippen LogP contribution in [0.15, 0.2) is 12.3 Å². The van der Waals surface area contributed by atoms with Gasteiger partial charge >= 0.3 is 0 Å². The molecule has 3 aliphatic rings. The summed E-state index contributed by atoms with van der Waals surface area (Å²) >= 11 is 0. The number of hydroxylamine groups is 1. The van der Waals surface area contributed by atoms with E-state index in [0.29, 0.717) is 12.0 Å². The minimum Gasteiger partial charge on any atom is -0.396 e. The van der Waals surface area contributed by atoms with E-state index in [0.717, 1.165) is 65.9 Å². The summed E-state index contributed by atoms with van der Waals surface area (Å²) in [6, 6.07) is 0.486. The van der Waals surface area contributed by atoms with E-state index in [1.54, 1.807) is 0 Å². The molecule has 31 heavy (non-hydrogen) atoms. The second-order valence-corrected chi connectivity index (χ2v) is 9.58. The summed E-state index contributed by atoms with van der Waals surface area (Å²) in [4.78, 5) is 11.1. The minimum atomic E-state index is -0.280. The van der Waals surface area contributed by atoms with Crippen LogP contribution in [0.2, 0.25) is 0 Å². The van der Waals surface area contributed by atoms with Gasteiger partial charge in [-0.25, -0.2) is 9.67 Å². The van der Waals surface area contributed by atoms with Gasteiger partial charge in [0.1, 0.15) is 5.60 Å². The zero-order valence-corrected chi connectivity index (χ0v) is 18.8. The van der Waals surface area contributed by atoms with Crippen LogP contribution in [0.25, 0.3) is 16.7 Å². The molecule has 1 spiro atoms. The first kappa shape index (κ1) is 20.8. The fourth-order valence-electron chi connectivity index (χ4n) is 5.56. The van der Waals surface area contributed by atoms with E-state index in [1.165, 1.54) is 32.1 Å². The maximum atomic E-state index is 9.51. The molecule has 168 valence electrons. The molecule has 3 heterocycles. The summed E-state index contributed by atoms with van der Waals surface area (Å²) in [6.07, 6.45) is 14.4. The zero-order valence-electron chi connectivity index (χ0n) is 18.8. The fraction of sp³-hybridized carbons (Fsp3) is 0.667. The molecule has 5 rings (SSSR count). The summed E-state index contributed by atoms with van der Waals surface area (Å²) in [6.45, 7) is 5.27. The highest BCUT2D eigenvalue weighted by Crippen LogP contribution is 2.43. The normalized spacial score (nSPS) is 26.9. The largest absolute Gasteiger partial charge is 0.396 e. The summed E-state index contributed by atoms with van der Waals surface area (Å²) in [5.74, 6) is 0.398. The number of aryl methyl sites for hydroxylation is 2. The topological polar surface area (TPSA) is 84.2 Å². The third kappa shape index (κ3) is 3.82. The number of hydrogen-bond acceptors (Lipinski definition) is 6. The van der Waals surface area contributed by atoms with E-state index in [1.807, 2.05) is 10.9 Å². The molecule has 0 saturated heterocycles. The third-order valence-electron chi connectivity index (χ3n) is 7.47. The van der Waals surface area contributed by atoms with Crippen molar-refractivity contribution >= 4 is 22.4 Å². The average molecular weight is 426 g/mol. The van der Waals surface area contributed by atoms with Crippen molar-refractivity contribution in [2.24, 2.45) is 5.92 Å². The SMILES string of the molecule is CCn1ncc2c(NC3CCCCC3)c(C3=CC4(CCC(CO)CC4)ON3)c(C)nc21. The summed E-state index contributed by atoms with van der Waals surface area (Å²) in [7, 11) is 0. The molecule has 2 aromatic rings. The number of aliphatic hydroxyl groups is 1. The van der Waals surface area contributed by atoms with Gasteiger partial charge in [-0.05, 0) is 64.4 Å². The van der Waals surface area contributed by atoms with Crippen molar-refractivity contribution in [2.45, 2.75) is 89.8 Å². The van der Waals surface area contributed by atoms with Crippen LogP contribution in [-0.2, 0) is 11.4 Å². The van der Waals surface area contributed by atoms with Gasteiger partial charge in [0.25, 0.3) is 0 Å². The molecule has 0 unspecified atom stereocenters. The van der Waals surface area contributed by atoms with Crippen LogP contribution in [0.1, 0.15) is 76.0 Å². The second kappa shape index (κ2) is 8.43. The Kier molecular flexibility index (Phi) is 5.65. The molecular weight excluding hydrogens is 390 g/mol. The van der Waals surface area contributed by atoms with Gasteiger partial charge in [0, 0.05) is 24.8 Å². The second-order valence-electron chi connectivity index (χ2n) is 9.58. The van der Waals surface area contributed by atoms with Gasteiger partial charge in [0.2, 0.25) is 0 Å². The monoisotopic (exact) mass is 425 g/mol. The van der Waals surface area contributed by atoms with Gasteiger partial charge < -0.3 is 10.4 Å². The van der Waals surface area contributed by atoms with Crippen LogP contribution in [-0.4, -0.2) is 38.1 Å². The minimum absolute atomic E-state index is 0.274. The van der Waals surface area contributed by atoms with E-state index in [9.17, 15) is 5.11 Å². The Bertz CT molecular complexity index is 968. The summed E-state index contributed by atoms with van der Waals surface area (Å²) < 4.78 is 1.97. The van der Waals surface area contributed by atoms with E-state index in [2.05, 4.69) is 35.8 Å². The van der Waals surface area contributed by atoms with E-state index in [4.69, 9.17) is 9.82 Å². The van der Waals surface area contributed by atoms with Gasteiger partial charge in [0.05, 0.1) is 28.7 Å². The van der Waals surface area contributed by atoms with Crippen molar-refractivity contribution in [3.05, 3.63) is 23.5 Å². The van der Waals surface area contributed by atoms with Gasteiger partial charge in [-0.1, -0.05) is 19.3 Å². The fourth-order valence-corrected chi connectivity index (χ4v) is 5.56. The molecule has 0 radical (unpaired) electrons. The zero-order chi connectivity index (χ0) is 21.4. The Balaban J connectivity index is 1.55. The van der Waals surface area contributed by atoms with Crippen LogP contribution in [0, 0.1) is 12.8 Å². The number of aromatic nitrogens is 3. The molecular formula is C24H35N5O2. The average Bonchev–Trinajstić information content (AvgIpc) is 3.39. The molecule has 1 aliphatic heterocycles. The van der Waals surface area contributed by atoms with Crippen LogP contribution in [0.3, 0.4) is 0 Å². The highest BCUT2D eigenvalue weighted by Gasteiger charge is 2.40. The smallest absolute Gasteiger partial charge is 0.160 e. The lowest BCUT2D eigenvalue weighted by atomic mass is 9.78. The highest BCUT2D eigenvalue weighted by molar-refractivity contribution is 5.97. The number of pyridine rings is 1. The predicted molar refractivity (Wildman–Crippen MR) is 122 cm³/mol. The van der Waals surface area contributed by atoms with Crippen molar-refractivity contribution < 1.29 is 9.94 Å². The molecule has 2 aliphatic carbocycles. The Labute approximate surface area is 184 Å². The molecule has 0 bridgehead atoms. The Morgan fingerprint density at radius 2 is 2.00 bits per heavy atom. The molecule has 2 aromatic heterocycles. The van der Waals surface area contributed by atoms with Gasteiger partial charge in [-0.15, -0.1) is 0 Å². The first-order valence-corrected chi connectivity index (χ1v) is 12.0. The Hall–Kier alpha value is -2.12. The van der Waals surface area contributed by atoms with E-state index >= 15 is 0 Å². The number of rotatable bonds is 5. The number of anilines is 1. The summed E-state index contributed by atoms with van der Waals surface area (Å²) in [5.41, 5.74) is 8.17. The maximum absolute atomic E-state index is 9.51.